The van der Waals surface area contributed by atoms with Gasteiger partial charge < -0.3 is 19.5 Å². The summed E-state index contributed by atoms with van der Waals surface area (Å²) < 4.78 is 15.9. The minimum absolute atomic E-state index is 0.397. The van der Waals surface area contributed by atoms with Crippen LogP contribution in [0.25, 0.3) is 0 Å². The van der Waals surface area contributed by atoms with Gasteiger partial charge in [-0.15, -0.1) is 0 Å². The van der Waals surface area contributed by atoms with Crippen molar-refractivity contribution in [1.82, 2.24) is 0 Å². The second-order valence-corrected chi connectivity index (χ2v) is 5.45. The van der Waals surface area contributed by atoms with E-state index >= 15 is 0 Å². The van der Waals surface area contributed by atoms with Crippen LogP contribution in [0.2, 0.25) is 5.02 Å². The minimum atomic E-state index is 0.397. The van der Waals surface area contributed by atoms with Crippen molar-refractivity contribution in [3.8, 4) is 11.5 Å². The predicted molar refractivity (Wildman–Crippen MR) is 81.2 cm³/mol. The van der Waals surface area contributed by atoms with Gasteiger partial charge in [-0.2, -0.15) is 0 Å². The van der Waals surface area contributed by atoms with Crippen molar-refractivity contribution in [3.63, 3.8) is 0 Å². The van der Waals surface area contributed by atoms with Crippen LogP contribution in [0.4, 0.5) is 5.69 Å². The molecule has 1 aliphatic carbocycles. The molecule has 0 heterocycles. The first kappa shape index (κ1) is 15.3. The maximum Gasteiger partial charge on any atom is 0.162 e. The van der Waals surface area contributed by atoms with Gasteiger partial charge in [-0.1, -0.05) is 11.6 Å². The highest BCUT2D eigenvalue weighted by Crippen LogP contribution is 2.37. The number of benzene rings is 1. The largest absolute Gasteiger partial charge is 0.493 e. The smallest absolute Gasteiger partial charge is 0.162 e. The Morgan fingerprint density at radius 3 is 2.15 bits per heavy atom. The zero-order valence-electron chi connectivity index (χ0n) is 12.2. The fourth-order valence-electron chi connectivity index (χ4n) is 2.63. The standard InChI is InChI=1S/C15H22ClNO3/c1-18-11-6-4-10(5-7-11)17-13-9-15(20-3)14(19-2)8-12(13)16/h8-11,17H,4-7H2,1-3H3. The van der Waals surface area contributed by atoms with Gasteiger partial charge in [-0.05, 0) is 25.7 Å². The quantitative estimate of drug-likeness (QED) is 0.899. The molecular weight excluding hydrogens is 278 g/mol. The number of hydrogen-bond acceptors (Lipinski definition) is 4. The normalized spacial score (nSPS) is 22.4. The molecule has 0 aliphatic heterocycles. The van der Waals surface area contributed by atoms with E-state index in [-0.39, 0.29) is 0 Å². The molecule has 0 unspecified atom stereocenters. The van der Waals surface area contributed by atoms with Gasteiger partial charge in [0.05, 0.1) is 31.0 Å². The van der Waals surface area contributed by atoms with E-state index in [0.717, 1.165) is 31.4 Å². The van der Waals surface area contributed by atoms with Crippen molar-refractivity contribution < 1.29 is 14.2 Å². The van der Waals surface area contributed by atoms with Crippen LogP contribution in [-0.4, -0.2) is 33.5 Å². The molecule has 0 spiro atoms. The van der Waals surface area contributed by atoms with Crippen molar-refractivity contribution in [1.29, 1.82) is 0 Å². The summed E-state index contributed by atoms with van der Waals surface area (Å²) in [6, 6.07) is 4.10. The minimum Gasteiger partial charge on any atom is -0.493 e. The average Bonchev–Trinajstić information content (AvgIpc) is 2.49. The molecular formula is C15H22ClNO3. The molecule has 1 aliphatic rings. The molecule has 1 N–H and O–H groups in total. The van der Waals surface area contributed by atoms with Crippen LogP contribution in [0, 0.1) is 0 Å². The predicted octanol–water partition coefficient (Wildman–Crippen LogP) is 3.73. The molecule has 1 fully saturated rings. The summed E-state index contributed by atoms with van der Waals surface area (Å²) >= 11 is 6.29. The van der Waals surface area contributed by atoms with Gasteiger partial charge in [-0.25, -0.2) is 0 Å². The van der Waals surface area contributed by atoms with Crippen molar-refractivity contribution in [2.45, 2.75) is 37.8 Å². The lowest BCUT2D eigenvalue weighted by Gasteiger charge is -2.29. The summed E-state index contributed by atoms with van der Waals surface area (Å²) in [6.45, 7) is 0. The topological polar surface area (TPSA) is 39.7 Å². The van der Waals surface area contributed by atoms with Crippen LogP contribution in [0.5, 0.6) is 11.5 Å². The average molecular weight is 300 g/mol. The molecule has 0 atom stereocenters. The highest BCUT2D eigenvalue weighted by molar-refractivity contribution is 6.33. The van der Waals surface area contributed by atoms with Crippen LogP contribution in [0.15, 0.2) is 12.1 Å². The van der Waals surface area contributed by atoms with E-state index in [1.165, 1.54) is 0 Å². The molecule has 0 bridgehead atoms. The monoisotopic (exact) mass is 299 g/mol. The van der Waals surface area contributed by atoms with Crippen LogP contribution in [0.3, 0.4) is 0 Å². The zero-order chi connectivity index (χ0) is 14.5. The lowest BCUT2D eigenvalue weighted by atomic mass is 9.93. The lowest BCUT2D eigenvalue weighted by molar-refractivity contribution is 0.0682. The Labute approximate surface area is 125 Å². The van der Waals surface area contributed by atoms with E-state index in [0.29, 0.717) is 28.7 Å². The number of ether oxygens (including phenoxy) is 3. The Bertz CT molecular complexity index is 445. The van der Waals surface area contributed by atoms with Gasteiger partial charge in [0.2, 0.25) is 0 Å². The summed E-state index contributed by atoms with van der Waals surface area (Å²) in [4.78, 5) is 0. The van der Waals surface area contributed by atoms with E-state index < -0.39 is 0 Å². The van der Waals surface area contributed by atoms with Gasteiger partial charge in [0.25, 0.3) is 0 Å². The third-order valence-corrected chi connectivity index (χ3v) is 4.15. The molecule has 20 heavy (non-hydrogen) atoms. The first-order chi connectivity index (χ1) is 9.67. The maximum atomic E-state index is 6.29. The zero-order valence-corrected chi connectivity index (χ0v) is 13.0. The van der Waals surface area contributed by atoms with E-state index in [2.05, 4.69) is 5.32 Å². The summed E-state index contributed by atoms with van der Waals surface area (Å²) in [6.07, 6.45) is 4.73. The number of methoxy groups -OCH3 is 3. The van der Waals surface area contributed by atoms with Gasteiger partial charge in [0, 0.05) is 25.3 Å². The Morgan fingerprint density at radius 1 is 1.00 bits per heavy atom. The third kappa shape index (κ3) is 3.49. The number of halogens is 1. The molecule has 1 aromatic carbocycles. The van der Waals surface area contributed by atoms with Crippen LogP contribution < -0.4 is 14.8 Å². The Hall–Kier alpha value is -1.13. The van der Waals surface area contributed by atoms with Gasteiger partial charge >= 0.3 is 0 Å². The SMILES string of the molecule is COc1cc(Cl)c(NC2CCC(OC)CC2)cc1OC. The second-order valence-electron chi connectivity index (χ2n) is 5.04. The van der Waals surface area contributed by atoms with Crippen molar-refractivity contribution in [2.24, 2.45) is 0 Å². The first-order valence-electron chi connectivity index (χ1n) is 6.88. The Kier molecular flexibility index (Phi) is 5.38. The van der Waals surface area contributed by atoms with Crippen LogP contribution >= 0.6 is 11.6 Å². The highest BCUT2D eigenvalue weighted by Gasteiger charge is 2.21. The number of hydrogen-bond donors (Lipinski definition) is 1. The molecule has 5 heteroatoms. The molecule has 0 saturated heterocycles. The summed E-state index contributed by atoms with van der Waals surface area (Å²) in [5, 5.41) is 4.15. The fraction of sp³-hybridized carbons (Fsp3) is 0.600. The third-order valence-electron chi connectivity index (χ3n) is 3.84. The molecule has 1 saturated carbocycles. The van der Waals surface area contributed by atoms with Crippen molar-refractivity contribution >= 4 is 17.3 Å². The molecule has 0 radical (unpaired) electrons. The van der Waals surface area contributed by atoms with Gasteiger partial charge in [0.1, 0.15) is 0 Å². The van der Waals surface area contributed by atoms with Crippen LogP contribution in [0.1, 0.15) is 25.7 Å². The molecule has 0 amide bonds. The summed E-state index contributed by atoms with van der Waals surface area (Å²) in [7, 11) is 5.01. The summed E-state index contributed by atoms with van der Waals surface area (Å²) in [5.74, 6) is 1.33. The maximum absolute atomic E-state index is 6.29. The Balaban J connectivity index is 2.06. The molecule has 112 valence electrons. The van der Waals surface area contributed by atoms with E-state index in [1.54, 1.807) is 27.4 Å². The number of anilines is 1. The first-order valence-corrected chi connectivity index (χ1v) is 7.26. The molecule has 2 rings (SSSR count). The van der Waals surface area contributed by atoms with Gasteiger partial charge in [-0.3, -0.25) is 0 Å². The Morgan fingerprint density at radius 2 is 1.60 bits per heavy atom. The van der Waals surface area contributed by atoms with Crippen molar-refractivity contribution in [3.05, 3.63) is 17.2 Å². The fourth-order valence-corrected chi connectivity index (χ4v) is 2.84. The number of rotatable bonds is 5. The van der Waals surface area contributed by atoms with E-state index in [9.17, 15) is 0 Å². The second kappa shape index (κ2) is 7.04. The van der Waals surface area contributed by atoms with Gasteiger partial charge in [0.15, 0.2) is 11.5 Å². The highest BCUT2D eigenvalue weighted by atomic mass is 35.5. The van der Waals surface area contributed by atoms with E-state index in [1.807, 2.05) is 6.07 Å². The molecule has 1 aromatic rings. The van der Waals surface area contributed by atoms with E-state index in [4.69, 9.17) is 25.8 Å². The summed E-state index contributed by atoms with van der Waals surface area (Å²) in [5.41, 5.74) is 0.894. The molecule has 0 aromatic heterocycles. The van der Waals surface area contributed by atoms with Crippen LogP contribution in [-0.2, 0) is 4.74 Å². The van der Waals surface area contributed by atoms with Crippen molar-refractivity contribution in [2.75, 3.05) is 26.6 Å². The lowest BCUT2D eigenvalue weighted by Crippen LogP contribution is -2.29. The molecule has 4 nitrogen and oxygen atoms in total. The number of nitrogens with one attached hydrogen (secondary N) is 1.